The SMILES string of the molecule is COc1c(O)c(F)cc(Br)c1C1(C(=O)O)CCC1. The lowest BCUT2D eigenvalue weighted by atomic mass is 9.64. The van der Waals surface area contributed by atoms with Gasteiger partial charge in [-0.15, -0.1) is 0 Å². The quantitative estimate of drug-likeness (QED) is 0.899. The Labute approximate surface area is 112 Å². The number of halogens is 2. The Morgan fingerprint density at radius 1 is 1.56 bits per heavy atom. The molecule has 0 bridgehead atoms. The number of phenolic OH excluding ortho intramolecular Hbond substituents is 1. The van der Waals surface area contributed by atoms with Crippen LogP contribution in [0.5, 0.6) is 11.5 Å². The van der Waals surface area contributed by atoms with Gasteiger partial charge in [0.15, 0.2) is 17.3 Å². The fourth-order valence-electron chi connectivity index (χ4n) is 2.33. The minimum Gasteiger partial charge on any atom is -0.502 e. The second-order valence-corrected chi connectivity index (χ2v) is 5.19. The van der Waals surface area contributed by atoms with Crippen molar-refractivity contribution in [2.45, 2.75) is 24.7 Å². The van der Waals surface area contributed by atoms with Crippen LogP contribution in [0.3, 0.4) is 0 Å². The van der Waals surface area contributed by atoms with E-state index in [0.29, 0.717) is 22.9 Å². The second-order valence-electron chi connectivity index (χ2n) is 4.34. The lowest BCUT2D eigenvalue weighted by Crippen LogP contribution is -2.43. The Kier molecular flexibility index (Phi) is 3.23. The van der Waals surface area contributed by atoms with E-state index in [9.17, 15) is 19.4 Å². The van der Waals surface area contributed by atoms with Crippen LogP contribution in [-0.2, 0) is 10.2 Å². The van der Waals surface area contributed by atoms with Crippen molar-refractivity contribution in [3.05, 3.63) is 21.9 Å². The number of carboxylic acids is 1. The highest BCUT2D eigenvalue weighted by molar-refractivity contribution is 9.10. The zero-order chi connectivity index (χ0) is 13.5. The maximum atomic E-state index is 13.4. The van der Waals surface area contributed by atoms with E-state index < -0.39 is 23.0 Å². The van der Waals surface area contributed by atoms with Gasteiger partial charge in [-0.3, -0.25) is 4.79 Å². The van der Waals surface area contributed by atoms with E-state index in [0.717, 1.165) is 12.5 Å². The molecular weight excluding hydrogens is 307 g/mol. The first-order valence-electron chi connectivity index (χ1n) is 5.43. The third-order valence-corrected chi connectivity index (χ3v) is 4.09. The van der Waals surface area contributed by atoms with E-state index in [1.807, 2.05) is 0 Å². The lowest BCUT2D eigenvalue weighted by Gasteiger charge is -2.39. The Balaban J connectivity index is 2.70. The monoisotopic (exact) mass is 318 g/mol. The number of ether oxygens (including phenoxy) is 1. The minimum absolute atomic E-state index is 0.107. The second kappa shape index (κ2) is 4.42. The summed E-state index contributed by atoms with van der Waals surface area (Å²) in [5.41, 5.74) is -0.794. The van der Waals surface area contributed by atoms with Gasteiger partial charge in [0.25, 0.3) is 0 Å². The van der Waals surface area contributed by atoms with Crippen molar-refractivity contribution in [3.8, 4) is 11.5 Å². The molecule has 0 heterocycles. The van der Waals surface area contributed by atoms with Gasteiger partial charge in [-0.05, 0) is 18.9 Å². The van der Waals surface area contributed by atoms with Crippen molar-refractivity contribution >= 4 is 21.9 Å². The van der Waals surface area contributed by atoms with Crippen LogP contribution in [0.25, 0.3) is 0 Å². The molecule has 0 radical (unpaired) electrons. The number of hydrogen-bond donors (Lipinski definition) is 2. The number of aromatic hydroxyl groups is 1. The van der Waals surface area contributed by atoms with E-state index in [-0.39, 0.29) is 5.75 Å². The largest absolute Gasteiger partial charge is 0.502 e. The van der Waals surface area contributed by atoms with Crippen LogP contribution >= 0.6 is 15.9 Å². The van der Waals surface area contributed by atoms with Crippen molar-refractivity contribution in [2.75, 3.05) is 7.11 Å². The van der Waals surface area contributed by atoms with Gasteiger partial charge >= 0.3 is 5.97 Å². The summed E-state index contributed by atoms with van der Waals surface area (Å²) in [5, 5.41) is 19.0. The molecule has 1 aliphatic carbocycles. The summed E-state index contributed by atoms with van der Waals surface area (Å²) in [6.45, 7) is 0. The third kappa shape index (κ3) is 1.67. The van der Waals surface area contributed by atoms with Crippen molar-refractivity contribution < 1.29 is 24.1 Å². The Morgan fingerprint density at radius 2 is 2.17 bits per heavy atom. The predicted molar refractivity (Wildman–Crippen MR) is 65.5 cm³/mol. The maximum absolute atomic E-state index is 13.4. The van der Waals surface area contributed by atoms with Crippen LogP contribution in [-0.4, -0.2) is 23.3 Å². The molecule has 1 aromatic carbocycles. The number of phenols is 1. The molecule has 2 N–H and O–H groups in total. The highest BCUT2D eigenvalue weighted by Crippen LogP contribution is 2.52. The zero-order valence-corrected chi connectivity index (χ0v) is 11.3. The van der Waals surface area contributed by atoms with Crippen molar-refractivity contribution in [3.63, 3.8) is 0 Å². The molecule has 0 aromatic heterocycles. The van der Waals surface area contributed by atoms with E-state index in [1.165, 1.54) is 7.11 Å². The molecule has 1 fully saturated rings. The van der Waals surface area contributed by atoms with Crippen LogP contribution in [0.2, 0.25) is 0 Å². The summed E-state index contributed by atoms with van der Waals surface area (Å²) >= 11 is 3.16. The lowest BCUT2D eigenvalue weighted by molar-refractivity contribution is -0.147. The summed E-state index contributed by atoms with van der Waals surface area (Å²) in [4.78, 5) is 11.5. The minimum atomic E-state index is -1.10. The fourth-order valence-corrected chi connectivity index (χ4v) is 3.09. The molecule has 0 spiro atoms. The van der Waals surface area contributed by atoms with Gasteiger partial charge in [-0.1, -0.05) is 22.4 Å². The predicted octanol–water partition coefficient (Wildman–Crippen LogP) is 2.81. The molecular formula is C12H12BrFO4. The first kappa shape index (κ1) is 13.1. The van der Waals surface area contributed by atoms with E-state index in [4.69, 9.17) is 4.74 Å². The number of rotatable bonds is 3. The highest BCUT2D eigenvalue weighted by Gasteiger charge is 2.49. The zero-order valence-electron chi connectivity index (χ0n) is 9.67. The smallest absolute Gasteiger partial charge is 0.314 e. The number of carboxylic acid groups (broad SMARTS) is 1. The number of benzene rings is 1. The summed E-state index contributed by atoms with van der Waals surface area (Å²) in [6.07, 6.45) is 1.67. The highest BCUT2D eigenvalue weighted by atomic mass is 79.9. The first-order valence-corrected chi connectivity index (χ1v) is 6.22. The third-order valence-electron chi connectivity index (χ3n) is 3.46. The Bertz CT molecular complexity index is 511. The molecule has 1 saturated carbocycles. The Morgan fingerprint density at radius 3 is 2.56 bits per heavy atom. The van der Waals surface area contributed by atoms with Gasteiger partial charge in [0.1, 0.15) is 0 Å². The average molecular weight is 319 g/mol. The van der Waals surface area contributed by atoms with Crippen molar-refractivity contribution in [2.24, 2.45) is 0 Å². The molecule has 1 aromatic rings. The molecule has 2 rings (SSSR count). The maximum Gasteiger partial charge on any atom is 0.314 e. The molecule has 98 valence electrons. The first-order chi connectivity index (χ1) is 8.44. The van der Waals surface area contributed by atoms with Crippen LogP contribution in [0.4, 0.5) is 4.39 Å². The van der Waals surface area contributed by atoms with Crippen molar-refractivity contribution in [1.29, 1.82) is 0 Å². The number of methoxy groups -OCH3 is 1. The molecule has 0 atom stereocenters. The summed E-state index contributed by atoms with van der Waals surface area (Å²) in [5.74, 6) is -2.59. The van der Waals surface area contributed by atoms with Crippen molar-refractivity contribution in [1.82, 2.24) is 0 Å². The van der Waals surface area contributed by atoms with Gasteiger partial charge in [0.05, 0.1) is 12.5 Å². The molecule has 0 aliphatic heterocycles. The average Bonchev–Trinajstić information content (AvgIpc) is 2.23. The molecule has 0 amide bonds. The van der Waals surface area contributed by atoms with Crippen LogP contribution < -0.4 is 4.74 Å². The van der Waals surface area contributed by atoms with Crippen LogP contribution in [0, 0.1) is 5.82 Å². The van der Waals surface area contributed by atoms with Gasteiger partial charge in [0, 0.05) is 10.0 Å². The molecule has 0 saturated heterocycles. The van der Waals surface area contributed by atoms with Crippen LogP contribution in [0.1, 0.15) is 24.8 Å². The van der Waals surface area contributed by atoms with E-state index in [2.05, 4.69) is 15.9 Å². The normalized spacial score (nSPS) is 17.1. The Hall–Kier alpha value is -1.30. The molecule has 6 heteroatoms. The van der Waals surface area contributed by atoms with Gasteiger partial charge in [0.2, 0.25) is 0 Å². The van der Waals surface area contributed by atoms with E-state index in [1.54, 1.807) is 0 Å². The van der Waals surface area contributed by atoms with Crippen LogP contribution in [0.15, 0.2) is 10.5 Å². The number of hydrogen-bond acceptors (Lipinski definition) is 3. The summed E-state index contributed by atoms with van der Waals surface area (Å²) in [7, 11) is 1.28. The topological polar surface area (TPSA) is 66.8 Å². The van der Waals surface area contributed by atoms with Gasteiger partial charge in [-0.2, -0.15) is 0 Å². The molecule has 1 aliphatic rings. The molecule has 18 heavy (non-hydrogen) atoms. The standard InChI is InChI=1S/C12H12BrFO4/c1-18-10-8(6(13)5-7(14)9(10)15)12(11(16)17)3-2-4-12/h5,15H,2-4H2,1H3,(H,16,17). The van der Waals surface area contributed by atoms with Gasteiger partial charge in [-0.25, -0.2) is 4.39 Å². The van der Waals surface area contributed by atoms with Gasteiger partial charge < -0.3 is 14.9 Å². The molecule has 0 unspecified atom stereocenters. The molecule has 4 nitrogen and oxygen atoms in total. The number of aliphatic carboxylic acids is 1. The summed E-state index contributed by atoms with van der Waals surface area (Å²) in [6, 6.07) is 1.07. The van der Waals surface area contributed by atoms with E-state index >= 15 is 0 Å². The fraction of sp³-hybridized carbons (Fsp3) is 0.417. The summed E-state index contributed by atoms with van der Waals surface area (Å²) < 4.78 is 18.7. The number of carbonyl (C=O) groups is 1.